The number of aliphatic hydroxyl groups is 1. The summed E-state index contributed by atoms with van der Waals surface area (Å²) in [6.07, 6.45) is 2.46. The van der Waals surface area contributed by atoms with Crippen LogP contribution >= 0.6 is 0 Å². The maximum absolute atomic E-state index is 10.9. The Balaban J connectivity index is 2.27. The van der Waals surface area contributed by atoms with Crippen LogP contribution < -0.4 is 0 Å². The lowest BCUT2D eigenvalue weighted by Crippen LogP contribution is -2.38. The molecule has 2 rings (SSSR count). The van der Waals surface area contributed by atoms with Gasteiger partial charge in [-0.3, -0.25) is 4.79 Å². The topological polar surface area (TPSA) is 46.5 Å². The van der Waals surface area contributed by atoms with Gasteiger partial charge in [0.2, 0.25) is 0 Å². The lowest BCUT2D eigenvalue weighted by Gasteiger charge is -2.33. The minimum Gasteiger partial charge on any atom is -0.462 e. The van der Waals surface area contributed by atoms with Gasteiger partial charge < -0.3 is 9.84 Å². The summed E-state index contributed by atoms with van der Waals surface area (Å²) < 4.78 is 4.99. The third-order valence-electron chi connectivity index (χ3n) is 3.71. The van der Waals surface area contributed by atoms with Crippen LogP contribution in [-0.2, 0) is 9.53 Å². The van der Waals surface area contributed by atoms with Gasteiger partial charge in [0.15, 0.2) is 0 Å². The number of hydrogen-bond donors (Lipinski definition) is 1. The van der Waals surface area contributed by atoms with E-state index in [9.17, 15) is 9.90 Å². The average Bonchev–Trinajstić information content (AvgIpc) is 2.42. The van der Waals surface area contributed by atoms with Gasteiger partial charge in [0.25, 0.3) is 0 Å². The number of ether oxygens (including phenoxy) is 1. The molecular formula is C17H20O3. The zero-order valence-electron chi connectivity index (χ0n) is 12.1. The van der Waals surface area contributed by atoms with Gasteiger partial charge in [-0.2, -0.15) is 0 Å². The fraction of sp³-hybridized carbons (Fsp3) is 0.353. The molecule has 20 heavy (non-hydrogen) atoms. The van der Waals surface area contributed by atoms with Gasteiger partial charge in [-0.15, -0.1) is 0 Å². The summed E-state index contributed by atoms with van der Waals surface area (Å²) in [5.41, 5.74) is 3.10. The van der Waals surface area contributed by atoms with Gasteiger partial charge in [-0.25, -0.2) is 0 Å². The maximum atomic E-state index is 10.9. The summed E-state index contributed by atoms with van der Waals surface area (Å²) in [6, 6.07) is 10.1. The van der Waals surface area contributed by atoms with Crippen molar-refractivity contribution in [1.82, 2.24) is 0 Å². The highest BCUT2D eigenvalue weighted by Crippen LogP contribution is 2.36. The predicted octanol–water partition coefficient (Wildman–Crippen LogP) is 3.10. The van der Waals surface area contributed by atoms with Crippen molar-refractivity contribution in [1.29, 1.82) is 0 Å². The average molecular weight is 272 g/mol. The van der Waals surface area contributed by atoms with Crippen molar-refractivity contribution in [3.8, 4) is 0 Å². The number of hydrogen-bond acceptors (Lipinski definition) is 3. The van der Waals surface area contributed by atoms with Crippen LogP contribution in [0.4, 0.5) is 0 Å². The molecule has 0 heterocycles. The number of rotatable bonds is 3. The summed E-state index contributed by atoms with van der Waals surface area (Å²) in [4.78, 5) is 10.9. The standard InChI is InChI=1S/C17H20O3/c1-12-10-17(19,11-20-14(3)18)13(2)9-16(12)15-7-5-4-6-8-15/h4-9,19H,10-11H2,1-3H3. The Morgan fingerprint density at radius 3 is 2.55 bits per heavy atom. The summed E-state index contributed by atoms with van der Waals surface area (Å²) in [5, 5.41) is 10.6. The molecule has 0 spiro atoms. The zero-order chi connectivity index (χ0) is 14.8. The quantitative estimate of drug-likeness (QED) is 0.860. The maximum Gasteiger partial charge on any atom is 0.302 e. The van der Waals surface area contributed by atoms with E-state index in [1.54, 1.807) is 0 Å². The molecule has 0 fully saturated rings. The number of benzene rings is 1. The van der Waals surface area contributed by atoms with Crippen molar-refractivity contribution in [3.63, 3.8) is 0 Å². The third kappa shape index (κ3) is 2.99. The number of esters is 1. The summed E-state index contributed by atoms with van der Waals surface area (Å²) in [5.74, 6) is -0.373. The van der Waals surface area contributed by atoms with E-state index in [1.807, 2.05) is 38.1 Å². The predicted molar refractivity (Wildman–Crippen MR) is 79.0 cm³/mol. The van der Waals surface area contributed by atoms with Crippen LogP contribution in [0.15, 0.2) is 47.6 Å². The van der Waals surface area contributed by atoms with Crippen molar-refractivity contribution >= 4 is 11.5 Å². The van der Waals surface area contributed by atoms with Crippen molar-refractivity contribution in [2.45, 2.75) is 32.8 Å². The fourth-order valence-corrected chi connectivity index (χ4v) is 2.48. The van der Waals surface area contributed by atoms with E-state index >= 15 is 0 Å². The highest BCUT2D eigenvalue weighted by molar-refractivity contribution is 5.79. The SMILES string of the molecule is CC(=O)OCC1(O)CC(C)=C(c2ccccc2)C=C1C. The Morgan fingerprint density at radius 1 is 1.30 bits per heavy atom. The van der Waals surface area contributed by atoms with Crippen LogP contribution in [0.2, 0.25) is 0 Å². The highest BCUT2D eigenvalue weighted by Gasteiger charge is 2.34. The minimum atomic E-state index is -1.09. The number of allylic oxidation sites excluding steroid dienone is 2. The second-order valence-electron chi connectivity index (χ2n) is 5.38. The van der Waals surface area contributed by atoms with Gasteiger partial charge in [-0.1, -0.05) is 42.0 Å². The zero-order valence-corrected chi connectivity index (χ0v) is 12.1. The molecule has 0 aromatic heterocycles. The van der Waals surface area contributed by atoms with Gasteiger partial charge in [0.05, 0.1) is 0 Å². The Labute approximate surface area is 119 Å². The molecule has 3 heteroatoms. The Hall–Kier alpha value is -1.87. The molecule has 1 N–H and O–H groups in total. The van der Waals surface area contributed by atoms with Crippen LogP contribution in [0.25, 0.3) is 5.57 Å². The molecule has 1 atom stereocenters. The van der Waals surface area contributed by atoms with Gasteiger partial charge in [0, 0.05) is 13.3 Å². The molecule has 0 amide bonds. The normalized spacial score (nSPS) is 22.5. The Morgan fingerprint density at radius 2 is 1.95 bits per heavy atom. The molecule has 0 radical (unpaired) electrons. The fourth-order valence-electron chi connectivity index (χ4n) is 2.48. The van der Waals surface area contributed by atoms with Crippen LogP contribution in [0, 0.1) is 0 Å². The first-order valence-electron chi connectivity index (χ1n) is 6.72. The molecule has 1 aliphatic carbocycles. The molecule has 0 aliphatic heterocycles. The summed E-state index contributed by atoms with van der Waals surface area (Å²) >= 11 is 0. The largest absolute Gasteiger partial charge is 0.462 e. The van der Waals surface area contributed by atoms with E-state index in [0.29, 0.717) is 6.42 Å². The van der Waals surface area contributed by atoms with Gasteiger partial charge >= 0.3 is 5.97 Å². The molecule has 1 aliphatic rings. The third-order valence-corrected chi connectivity index (χ3v) is 3.71. The first kappa shape index (κ1) is 14.5. The summed E-state index contributed by atoms with van der Waals surface area (Å²) in [7, 11) is 0. The monoisotopic (exact) mass is 272 g/mol. The first-order chi connectivity index (χ1) is 9.42. The van der Waals surface area contributed by atoms with E-state index in [0.717, 1.165) is 22.3 Å². The van der Waals surface area contributed by atoms with E-state index in [4.69, 9.17) is 4.74 Å². The Kier molecular flexibility index (Phi) is 4.09. The molecule has 0 saturated carbocycles. The Bertz CT molecular complexity index is 569. The highest BCUT2D eigenvalue weighted by atomic mass is 16.5. The van der Waals surface area contributed by atoms with Crippen LogP contribution in [0.1, 0.15) is 32.8 Å². The lowest BCUT2D eigenvalue weighted by atomic mass is 9.79. The van der Waals surface area contributed by atoms with Gasteiger partial charge in [-0.05, 0) is 30.6 Å². The van der Waals surface area contributed by atoms with E-state index < -0.39 is 5.60 Å². The van der Waals surface area contributed by atoms with E-state index in [-0.39, 0.29) is 12.6 Å². The van der Waals surface area contributed by atoms with Crippen molar-refractivity contribution in [2.24, 2.45) is 0 Å². The first-order valence-corrected chi connectivity index (χ1v) is 6.72. The molecule has 3 nitrogen and oxygen atoms in total. The summed E-state index contributed by atoms with van der Waals surface area (Å²) in [6.45, 7) is 5.23. The van der Waals surface area contributed by atoms with Crippen molar-refractivity contribution in [2.75, 3.05) is 6.61 Å². The van der Waals surface area contributed by atoms with Gasteiger partial charge in [0.1, 0.15) is 12.2 Å². The molecule has 1 aromatic carbocycles. The van der Waals surface area contributed by atoms with E-state index in [1.165, 1.54) is 6.92 Å². The lowest BCUT2D eigenvalue weighted by molar-refractivity contribution is -0.146. The number of carbonyl (C=O) groups excluding carboxylic acids is 1. The van der Waals surface area contributed by atoms with E-state index in [2.05, 4.69) is 12.1 Å². The molecule has 1 unspecified atom stereocenters. The minimum absolute atomic E-state index is 0.00404. The molecule has 106 valence electrons. The van der Waals surface area contributed by atoms with Crippen LogP contribution in [0.5, 0.6) is 0 Å². The van der Waals surface area contributed by atoms with Crippen molar-refractivity contribution in [3.05, 3.63) is 53.1 Å². The number of carbonyl (C=O) groups is 1. The molecule has 1 aromatic rings. The molecule has 0 bridgehead atoms. The molecule has 0 saturated heterocycles. The van der Waals surface area contributed by atoms with Crippen LogP contribution in [-0.4, -0.2) is 23.3 Å². The second-order valence-corrected chi connectivity index (χ2v) is 5.38. The molecular weight excluding hydrogens is 252 g/mol. The smallest absolute Gasteiger partial charge is 0.302 e. The van der Waals surface area contributed by atoms with Crippen molar-refractivity contribution < 1.29 is 14.6 Å². The van der Waals surface area contributed by atoms with Crippen LogP contribution in [0.3, 0.4) is 0 Å². The second kappa shape index (κ2) is 5.63.